The Morgan fingerprint density at radius 2 is 1.29 bits per heavy atom. The van der Waals surface area contributed by atoms with E-state index in [2.05, 4.69) is 22.1 Å². The molecule has 70 valence electrons. The molecule has 3 rings (SSSR count). The Bertz CT molecular complexity index is 432. The highest BCUT2D eigenvalue weighted by Crippen LogP contribution is 2.24. The van der Waals surface area contributed by atoms with Gasteiger partial charge in [-0.15, -0.1) is 0 Å². The van der Waals surface area contributed by atoms with Gasteiger partial charge in [0.25, 0.3) is 0 Å². The third-order valence-electron chi connectivity index (χ3n) is 2.93. The second-order valence-electron chi connectivity index (χ2n) is 3.87. The van der Waals surface area contributed by atoms with E-state index in [0.717, 1.165) is 11.0 Å². The number of benzene rings is 1. The Labute approximate surface area is 83.0 Å². The maximum atomic E-state index is 4.33. The van der Waals surface area contributed by atoms with Crippen LogP contribution in [0.4, 0.5) is 0 Å². The fraction of sp³-hybridized carbons (Fsp3) is 0.333. The maximum absolute atomic E-state index is 4.33. The van der Waals surface area contributed by atoms with Crippen molar-refractivity contribution < 1.29 is 0 Å². The van der Waals surface area contributed by atoms with Crippen LogP contribution in [0.15, 0.2) is 24.5 Å². The first kappa shape index (κ1) is 7.92. The van der Waals surface area contributed by atoms with Gasteiger partial charge in [-0.05, 0) is 48.9 Å². The van der Waals surface area contributed by atoms with Crippen LogP contribution >= 0.6 is 0 Å². The molecule has 0 fully saturated rings. The van der Waals surface area contributed by atoms with Crippen molar-refractivity contribution in [3.05, 3.63) is 35.7 Å². The van der Waals surface area contributed by atoms with Crippen LogP contribution < -0.4 is 0 Å². The number of nitrogens with zero attached hydrogens (tertiary/aromatic N) is 2. The van der Waals surface area contributed by atoms with E-state index in [1.165, 1.54) is 36.8 Å². The largest absolute Gasteiger partial charge is 0.253 e. The second-order valence-corrected chi connectivity index (χ2v) is 3.87. The molecule has 1 aliphatic carbocycles. The van der Waals surface area contributed by atoms with Gasteiger partial charge < -0.3 is 0 Å². The van der Waals surface area contributed by atoms with Crippen molar-refractivity contribution in [2.24, 2.45) is 0 Å². The molecule has 1 heterocycles. The van der Waals surface area contributed by atoms with E-state index in [0.29, 0.717) is 0 Å². The van der Waals surface area contributed by atoms with E-state index in [4.69, 9.17) is 0 Å². The number of fused-ring (bicyclic) bond motifs is 2. The van der Waals surface area contributed by atoms with Crippen LogP contribution in [-0.2, 0) is 12.8 Å². The minimum atomic E-state index is 1.04. The standard InChI is InChI=1S/C12H12N2/c1-2-4-10-8-12-11(7-9(10)3-1)13-5-6-14-12/h5-8H,1-4H2. The quantitative estimate of drug-likeness (QED) is 0.628. The maximum Gasteiger partial charge on any atom is 0.0889 e. The summed E-state index contributed by atoms with van der Waals surface area (Å²) in [4.78, 5) is 8.65. The van der Waals surface area contributed by atoms with Gasteiger partial charge in [0.2, 0.25) is 0 Å². The Morgan fingerprint density at radius 1 is 0.786 bits per heavy atom. The number of aryl methyl sites for hydroxylation is 2. The van der Waals surface area contributed by atoms with Crippen molar-refractivity contribution in [3.63, 3.8) is 0 Å². The van der Waals surface area contributed by atoms with Crippen molar-refractivity contribution in [2.75, 3.05) is 0 Å². The molecule has 0 bridgehead atoms. The summed E-state index contributed by atoms with van der Waals surface area (Å²) in [5.74, 6) is 0. The third kappa shape index (κ3) is 1.18. The highest BCUT2D eigenvalue weighted by atomic mass is 14.8. The van der Waals surface area contributed by atoms with Gasteiger partial charge in [0, 0.05) is 12.4 Å². The lowest BCUT2D eigenvalue weighted by molar-refractivity contribution is 0.686. The monoisotopic (exact) mass is 184 g/mol. The number of hydrogen-bond acceptors (Lipinski definition) is 2. The van der Waals surface area contributed by atoms with Crippen molar-refractivity contribution >= 4 is 11.0 Å². The molecule has 2 heteroatoms. The van der Waals surface area contributed by atoms with Crippen molar-refractivity contribution in [1.82, 2.24) is 9.97 Å². The first-order valence-corrected chi connectivity index (χ1v) is 5.16. The fourth-order valence-electron chi connectivity index (χ4n) is 2.19. The SMILES string of the molecule is c1cnc2cc3c(cc2n1)CCCC3. The predicted octanol–water partition coefficient (Wildman–Crippen LogP) is 2.51. The van der Waals surface area contributed by atoms with E-state index in [1.54, 1.807) is 12.4 Å². The van der Waals surface area contributed by atoms with Crippen molar-refractivity contribution in [1.29, 1.82) is 0 Å². The molecule has 0 aliphatic heterocycles. The molecule has 0 atom stereocenters. The van der Waals surface area contributed by atoms with Crippen LogP contribution in [-0.4, -0.2) is 9.97 Å². The molecule has 1 aromatic heterocycles. The fourth-order valence-corrected chi connectivity index (χ4v) is 2.19. The number of aromatic nitrogens is 2. The molecule has 0 spiro atoms. The minimum Gasteiger partial charge on any atom is -0.253 e. The first-order chi connectivity index (χ1) is 6.93. The van der Waals surface area contributed by atoms with E-state index in [9.17, 15) is 0 Å². The summed E-state index contributed by atoms with van der Waals surface area (Å²) in [6.45, 7) is 0. The zero-order valence-electron chi connectivity index (χ0n) is 8.03. The van der Waals surface area contributed by atoms with Crippen LogP contribution in [0.1, 0.15) is 24.0 Å². The summed E-state index contributed by atoms with van der Waals surface area (Å²) in [5, 5.41) is 0. The summed E-state index contributed by atoms with van der Waals surface area (Å²) < 4.78 is 0. The van der Waals surface area contributed by atoms with Gasteiger partial charge >= 0.3 is 0 Å². The van der Waals surface area contributed by atoms with Crippen LogP contribution in [0, 0.1) is 0 Å². The van der Waals surface area contributed by atoms with Gasteiger partial charge in [0.15, 0.2) is 0 Å². The summed E-state index contributed by atoms with van der Waals surface area (Å²) >= 11 is 0. The third-order valence-corrected chi connectivity index (χ3v) is 2.93. The van der Waals surface area contributed by atoms with Crippen LogP contribution in [0.25, 0.3) is 11.0 Å². The molecule has 0 radical (unpaired) electrons. The summed E-state index contributed by atoms with van der Waals surface area (Å²) in [5.41, 5.74) is 5.02. The second kappa shape index (κ2) is 3.05. The van der Waals surface area contributed by atoms with Crippen molar-refractivity contribution in [3.8, 4) is 0 Å². The molecule has 1 aliphatic rings. The Balaban J connectivity index is 2.27. The molecule has 0 N–H and O–H groups in total. The zero-order valence-corrected chi connectivity index (χ0v) is 8.03. The molecular formula is C12H12N2. The lowest BCUT2D eigenvalue weighted by Gasteiger charge is -2.15. The van der Waals surface area contributed by atoms with E-state index in [-0.39, 0.29) is 0 Å². The molecule has 0 saturated carbocycles. The molecule has 2 nitrogen and oxygen atoms in total. The Hall–Kier alpha value is -1.44. The average Bonchev–Trinajstić information content (AvgIpc) is 2.26. The molecule has 1 aromatic carbocycles. The molecule has 0 amide bonds. The predicted molar refractivity (Wildman–Crippen MR) is 56.2 cm³/mol. The average molecular weight is 184 g/mol. The number of rotatable bonds is 0. The lowest BCUT2D eigenvalue weighted by Crippen LogP contribution is -2.02. The Kier molecular flexibility index (Phi) is 1.72. The van der Waals surface area contributed by atoms with Gasteiger partial charge in [0.05, 0.1) is 11.0 Å². The minimum absolute atomic E-state index is 1.04. The van der Waals surface area contributed by atoms with Crippen LogP contribution in [0.3, 0.4) is 0 Å². The zero-order chi connectivity index (χ0) is 9.38. The smallest absolute Gasteiger partial charge is 0.0889 e. The van der Waals surface area contributed by atoms with Gasteiger partial charge in [0.1, 0.15) is 0 Å². The highest BCUT2D eigenvalue weighted by molar-refractivity contribution is 5.76. The van der Waals surface area contributed by atoms with Gasteiger partial charge in [-0.2, -0.15) is 0 Å². The molecule has 14 heavy (non-hydrogen) atoms. The summed E-state index contributed by atoms with van der Waals surface area (Å²) in [6, 6.07) is 4.41. The lowest BCUT2D eigenvalue weighted by atomic mass is 9.91. The van der Waals surface area contributed by atoms with Crippen molar-refractivity contribution in [2.45, 2.75) is 25.7 Å². The van der Waals surface area contributed by atoms with Gasteiger partial charge in [-0.3, -0.25) is 9.97 Å². The summed E-state index contributed by atoms with van der Waals surface area (Å²) in [6.07, 6.45) is 8.58. The molecule has 0 unspecified atom stereocenters. The Morgan fingerprint density at radius 3 is 1.79 bits per heavy atom. The van der Waals surface area contributed by atoms with E-state index >= 15 is 0 Å². The van der Waals surface area contributed by atoms with Crippen LogP contribution in [0.2, 0.25) is 0 Å². The topological polar surface area (TPSA) is 25.8 Å². The molecule has 0 saturated heterocycles. The molecular weight excluding hydrogens is 172 g/mol. The normalized spacial score (nSPS) is 15.4. The first-order valence-electron chi connectivity index (χ1n) is 5.16. The number of hydrogen-bond donors (Lipinski definition) is 0. The van der Waals surface area contributed by atoms with E-state index in [1.807, 2.05) is 0 Å². The van der Waals surface area contributed by atoms with Gasteiger partial charge in [-0.1, -0.05) is 0 Å². The van der Waals surface area contributed by atoms with E-state index < -0.39 is 0 Å². The molecule has 2 aromatic rings. The summed E-state index contributed by atoms with van der Waals surface area (Å²) in [7, 11) is 0. The van der Waals surface area contributed by atoms with Gasteiger partial charge in [-0.25, -0.2) is 0 Å². The highest BCUT2D eigenvalue weighted by Gasteiger charge is 2.10. The van der Waals surface area contributed by atoms with Crippen LogP contribution in [0.5, 0.6) is 0 Å².